The first-order chi connectivity index (χ1) is 18.7. The molecule has 6 nitrogen and oxygen atoms in total. The Kier molecular flexibility index (Phi) is 20.7. The number of carboxylic acid groups (broad SMARTS) is 1. The van der Waals surface area contributed by atoms with E-state index in [4.69, 9.17) is 30.8 Å². The zero-order valence-corrected chi connectivity index (χ0v) is 28.9. The quantitative estimate of drug-likeness (QED) is 0.310. The van der Waals surface area contributed by atoms with Crippen molar-refractivity contribution in [2.75, 3.05) is 12.4 Å². The fraction of sp³-hybridized carbons (Fsp3) is 0.656. The van der Waals surface area contributed by atoms with Gasteiger partial charge in [0.25, 0.3) is 0 Å². The molecule has 8 heteroatoms. The molecule has 1 N–H and O–H groups in total. The van der Waals surface area contributed by atoms with E-state index in [2.05, 4.69) is 38.2 Å². The van der Waals surface area contributed by atoms with Crippen LogP contribution in [-0.4, -0.2) is 25.0 Å². The number of aryl methyl sites for hydroxylation is 1. The number of hydrogen-bond donors (Lipinski definition) is 1. The molecule has 2 aliphatic carbocycles. The number of nitrogens with zero attached hydrogens (tertiary/aromatic N) is 1. The van der Waals surface area contributed by atoms with E-state index >= 15 is 0 Å². The SMILES string of the molecule is CC=O.CCCC(CC)CC1CC(c2onc(C(C)CC)c2C2CC2)C1.CNc1ccc(C)cc1Cl.O=C[O-].[Na+]. The number of rotatable bonds is 10. The van der Waals surface area contributed by atoms with Gasteiger partial charge in [-0.1, -0.05) is 69.8 Å². The van der Waals surface area contributed by atoms with Crippen molar-refractivity contribution in [3.05, 3.63) is 45.8 Å². The number of aldehydes is 1. The van der Waals surface area contributed by atoms with Crippen molar-refractivity contribution in [3.8, 4) is 0 Å². The normalized spacial score (nSPS) is 18.4. The Morgan fingerprint density at radius 1 is 1.15 bits per heavy atom. The minimum absolute atomic E-state index is 0. The Labute approximate surface area is 269 Å². The molecule has 2 aromatic rings. The zero-order chi connectivity index (χ0) is 29.4. The van der Waals surface area contributed by atoms with Gasteiger partial charge in [-0.05, 0) is 87.8 Å². The minimum atomic E-state index is -0.500. The molecule has 2 aliphatic rings. The van der Waals surface area contributed by atoms with Gasteiger partial charge in [-0.25, -0.2) is 0 Å². The monoisotopic (exact) mass is 584 g/mol. The molecule has 2 atom stereocenters. The number of carbonyl (C=O) groups excluding carboxylic acids is 2. The maximum Gasteiger partial charge on any atom is 1.00 e. The van der Waals surface area contributed by atoms with Crippen LogP contribution in [0, 0.1) is 18.8 Å². The van der Waals surface area contributed by atoms with Gasteiger partial charge in [-0.15, -0.1) is 0 Å². The number of aromatic nitrogens is 1. The topological polar surface area (TPSA) is 95.3 Å². The molecule has 40 heavy (non-hydrogen) atoms. The maximum absolute atomic E-state index is 8.81. The largest absolute Gasteiger partial charge is 1.00 e. The summed E-state index contributed by atoms with van der Waals surface area (Å²) in [5.41, 5.74) is 4.98. The summed E-state index contributed by atoms with van der Waals surface area (Å²) < 4.78 is 5.90. The molecule has 0 radical (unpaired) electrons. The fourth-order valence-electron chi connectivity index (χ4n) is 5.28. The van der Waals surface area contributed by atoms with Crippen LogP contribution in [0.5, 0.6) is 0 Å². The van der Waals surface area contributed by atoms with E-state index in [-0.39, 0.29) is 29.6 Å². The number of hydrogen-bond acceptors (Lipinski definition) is 6. The van der Waals surface area contributed by atoms with Gasteiger partial charge >= 0.3 is 29.6 Å². The van der Waals surface area contributed by atoms with Crippen LogP contribution in [-0.2, 0) is 9.59 Å². The molecule has 1 heterocycles. The molecule has 1 aromatic carbocycles. The van der Waals surface area contributed by atoms with E-state index in [1.54, 1.807) is 0 Å². The van der Waals surface area contributed by atoms with Crippen molar-refractivity contribution in [2.45, 2.75) is 117 Å². The molecule has 2 unspecified atom stereocenters. The summed E-state index contributed by atoms with van der Waals surface area (Å²) in [7, 11) is 1.86. The van der Waals surface area contributed by atoms with Crippen molar-refractivity contribution in [3.63, 3.8) is 0 Å². The summed E-state index contributed by atoms with van der Waals surface area (Å²) in [6.07, 6.45) is 12.8. The molecule has 0 bridgehead atoms. The zero-order valence-electron chi connectivity index (χ0n) is 26.1. The van der Waals surface area contributed by atoms with Gasteiger partial charge in [-0.3, -0.25) is 0 Å². The summed E-state index contributed by atoms with van der Waals surface area (Å²) in [5, 5.41) is 16.5. The van der Waals surface area contributed by atoms with Gasteiger partial charge in [0.1, 0.15) is 12.0 Å². The summed E-state index contributed by atoms with van der Waals surface area (Å²) in [5.74, 6) is 5.14. The minimum Gasteiger partial charge on any atom is -0.554 e. The molecular formula is C32H50ClN2NaO4. The molecule has 4 rings (SSSR count). The predicted octanol–water partition coefficient (Wildman–Crippen LogP) is 5.04. The molecule has 220 valence electrons. The number of halogens is 1. The van der Waals surface area contributed by atoms with Crippen LogP contribution in [0.4, 0.5) is 5.69 Å². The van der Waals surface area contributed by atoms with Crippen LogP contribution >= 0.6 is 11.6 Å². The number of anilines is 1. The molecule has 0 aliphatic heterocycles. The van der Waals surface area contributed by atoms with Crippen LogP contribution in [0.1, 0.15) is 133 Å². The number of nitrogens with one attached hydrogen (secondary N) is 1. The maximum atomic E-state index is 8.81. The van der Waals surface area contributed by atoms with Gasteiger partial charge in [0, 0.05) is 30.9 Å². The van der Waals surface area contributed by atoms with Crippen LogP contribution in [0.2, 0.25) is 5.02 Å². The van der Waals surface area contributed by atoms with Crippen LogP contribution in [0.25, 0.3) is 0 Å². The molecule has 0 amide bonds. The predicted molar refractivity (Wildman–Crippen MR) is 159 cm³/mol. The van der Waals surface area contributed by atoms with Crippen LogP contribution in [0.15, 0.2) is 22.7 Å². The molecule has 1 aromatic heterocycles. The molecule has 2 saturated carbocycles. The second kappa shape index (κ2) is 21.4. The van der Waals surface area contributed by atoms with Gasteiger partial charge in [0.2, 0.25) is 0 Å². The molecule has 0 saturated heterocycles. The first kappa shape index (κ1) is 38.7. The average molecular weight is 585 g/mol. The molecule has 0 spiro atoms. The van der Waals surface area contributed by atoms with E-state index in [1.165, 1.54) is 80.9 Å². The third-order valence-corrected chi connectivity index (χ3v) is 8.10. The third kappa shape index (κ3) is 12.7. The first-order valence-electron chi connectivity index (χ1n) is 14.6. The van der Waals surface area contributed by atoms with Gasteiger partial charge < -0.3 is 24.5 Å². The Balaban J connectivity index is 0.000000746. The van der Waals surface area contributed by atoms with Gasteiger partial charge in [-0.2, -0.15) is 0 Å². The Morgan fingerprint density at radius 2 is 1.75 bits per heavy atom. The number of carbonyl (C=O) groups is 2. The standard InChI is InChI=1S/C21H35NO.C8H10ClN.C2H4O.CH2O2.Na/c1-5-8-15(7-3)11-16-12-18(13-16)21-19(17-9-10-17)20(22-23-21)14(4)6-2;1-6-3-4-8(10-2)7(9)5-6;1-2-3;2-1-3;/h14-18H,5-13H2,1-4H3;3-5,10H,1-2H3;2H,1H3;1H,(H,2,3);/q;;;;+1/p-1. The fourth-order valence-corrected chi connectivity index (χ4v) is 5.61. The Morgan fingerprint density at radius 3 is 2.20 bits per heavy atom. The molecule has 2 fully saturated rings. The third-order valence-electron chi connectivity index (χ3n) is 7.79. The summed E-state index contributed by atoms with van der Waals surface area (Å²) in [6.45, 7) is 12.2. The summed E-state index contributed by atoms with van der Waals surface area (Å²) in [6, 6.07) is 5.93. The van der Waals surface area contributed by atoms with Crippen molar-refractivity contribution >= 4 is 30.0 Å². The van der Waals surface area contributed by atoms with E-state index in [9.17, 15) is 0 Å². The Bertz CT molecular complexity index is 968. The average Bonchev–Trinajstić information content (AvgIpc) is 3.64. The summed E-state index contributed by atoms with van der Waals surface area (Å²) >= 11 is 5.87. The van der Waals surface area contributed by atoms with E-state index < -0.39 is 6.47 Å². The molecular weight excluding hydrogens is 535 g/mol. The van der Waals surface area contributed by atoms with E-state index in [0.29, 0.717) is 11.8 Å². The Hall–Kier alpha value is -1.34. The van der Waals surface area contributed by atoms with Gasteiger partial charge in [0.15, 0.2) is 0 Å². The van der Waals surface area contributed by atoms with Crippen molar-refractivity contribution in [1.29, 1.82) is 0 Å². The van der Waals surface area contributed by atoms with Crippen LogP contribution in [0.3, 0.4) is 0 Å². The second-order valence-corrected chi connectivity index (χ2v) is 11.2. The van der Waals surface area contributed by atoms with Crippen molar-refractivity contribution < 1.29 is 48.8 Å². The summed E-state index contributed by atoms with van der Waals surface area (Å²) in [4.78, 5) is 17.1. The smallest absolute Gasteiger partial charge is 0.554 e. The van der Waals surface area contributed by atoms with E-state index in [0.717, 1.165) is 41.2 Å². The van der Waals surface area contributed by atoms with Crippen molar-refractivity contribution in [1.82, 2.24) is 5.16 Å². The van der Waals surface area contributed by atoms with Crippen molar-refractivity contribution in [2.24, 2.45) is 11.8 Å². The second-order valence-electron chi connectivity index (χ2n) is 10.8. The van der Waals surface area contributed by atoms with Gasteiger partial charge in [0.05, 0.1) is 16.4 Å². The first-order valence-corrected chi connectivity index (χ1v) is 15.0. The van der Waals surface area contributed by atoms with E-state index in [1.807, 2.05) is 32.2 Å². The van der Waals surface area contributed by atoms with Crippen LogP contribution < -0.4 is 40.0 Å². The number of benzene rings is 1.